The van der Waals surface area contributed by atoms with E-state index in [1.807, 2.05) is 18.7 Å². The molecule has 4 heteroatoms. The summed E-state index contributed by atoms with van der Waals surface area (Å²) in [5, 5.41) is 0. The smallest absolute Gasteiger partial charge is 0.219 e. The van der Waals surface area contributed by atoms with E-state index in [4.69, 9.17) is 0 Å². The minimum absolute atomic E-state index is 0.202. The molecule has 0 saturated carbocycles. The van der Waals surface area contributed by atoms with Crippen molar-refractivity contribution < 1.29 is 4.79 Å². The number of likely N-dealkylation sites (N-methyl/N-ethyl adjacent to an activating group) is 1. The summed E-state index contributed by atoms with van der Waals surface area (Å²) < 4.78 is 0. The standard InChI is InChI=1S/C8H17N.C7H14N2O.C2H6/c1-8(2)9-6-4-3-5-7-9;1-7(10)9-5-3-8(2)4-6-9;1-2/h8H,3-7H2,1-2H3;3-6H2,1-2H3;1-2H3. The van der Waals surface area contributed by atoms with E-state index in [1.54, 1.807) is 6.92 Å². The molecule has 0 aromatic heterocycles. The Balaban J connectivity index is 0.000000342. The van der Waals surface area contributed by atoms with Crippen LogP contribution in [0.5, 0.6) is 0 Å². The largest absolute Gasteiger partial charge is 0.340 e. The number of piperidine rings is 1. The van der Waals surface area contributed by atoms with Gasteiger partial charge in [-0.2, -0.15) is 0 Å². The second kappa shape index (κ2) is 12.0. The fourth-order valence-electron chi connectivity index (χ4n) is 2.56. The van der Waals surface area contributed by atoms with Gasteiger partial charge in [0.15, 0.2) is 0 Å². The minimum Gasteiger partial charge on any atom is -0.340 e. The van der Waals surface area contributed by atoms with Crippen molar-refractivity contribution in [2.24, 2.45) is 0 Å². The molecular weight excluding hydrogens is 262 g/mol. The Morgan fingerprint density at radius 1 is 0.857 bits per heavy atom. The number of likely N-dealkylation sites (tertiary alicyclic amines) is 1. The summed E-state index contributed by atoms with van der Waals surface area (Å²) in [5.74, 6) is 0.202. The zero-order valence-electron chi connectivity index (χ0n) is 15.2. The molecule has 0 radical (unpaired) electrons. The highest BCUT2D eigenvalue weighted by Crippen LogP contribution is 2.10. The van der Waals surface area contributed by atoms with Crippen LogP contribution in [0.3, 0.4) is 0 Å². The molecule has 0 atom stereocenters. The van der Waals surface area contributed by atoms with E-state index in [-0.39, 0.29) is 5.91 Å². The zero-order chi connectivity index (χ0) is 16.3. The molecule has 0 spiro atoms. The molecule has 4 nitrogen and oxygen atoms in total. The molecule has 2 heterocycles. The van der Waals surface area contributed by atoms with E-state index >= 15 is 0 Å². The molecule has 2 fully saturated rings. The van der Waals surface area contributed by atoms with Gasteiger partial charge < -0.3 is 14.7 Å². The van der Waals surface area contributed by atoms with Gasteiger partial charge in [-0.05, 0) is 46.8 Å². The highest BCUT2D eigenvalue weighted by molar-refractivity contribution is 5.73. The van der Waals surface area contributed by atoms with Crippen molar-refractivity contribution in [1.29, 1.82) is 0 Å². The number of carbonyl (C=O) groups is 1. The van der Waals surface area contributed by atoms with Gasteiger partial charge in [-0.25, -0.2) is 0 Å². The van der Waals surface area contributed by atoms with Gasteiger partial charge in [0.05, 0.1) is 0 Å². The summed E-state index contributed by atoms with van der Waals surface area (Å²) in [4.78, 5) is 17.5. The van der Waals surface area contributed by atoms with Crippen LogP contribution in [0.15, 0.2) is 0 Å². The Morgan fingerprint density at radius 3 is 1.67 bits per heavy atom. The molecule has 0 unspecified atom stereocenters. The quantitative estimate of drug-likeness (QED) is 0.745. The normalized spacial score (nSPS) is 20.2. The molecule has 0 aromatic carbocycles. The summed E-state index contributed by atoms with van der Waals surface area (Å²) in [7, 11) is 2.08. The fraction of sp³-hybridized carbons (Fsp3) is 0.941. The van der Waals surface area contributed by atoms with Crippen molar-refractivity contribution in [2.45, 2.75) is 59.9 Å². The van der Waals surface area contributed by atoms with E-state index in [1.165, 1.54) is 32.4 Å². The van der Waals surface area contributed by atoms with Gasteiger partial charge in [0.1, 0.15) is 0 Å². The molecule has 0 aliphatic carbocycles. The van der Waals surface area contributed by atoms with Crippen molar-refractivity contribution in [3.63, 3.8) is 0 Å². The van der Waals surface area contributed by atoms with E-state index in [2.05, 4.69) is 30.7 Å². The Morgan fingerprint density at radius 2 is 1.33 bits per heavy atom. The van der Waals surface area contributed by atoms with Crippen LogP contribution in [0.25, 0.3) is 0 Å². The average molecular weight is 300 g/mol. The van der Waals surface area contributed by atoms with E-state index < -0.39 is 0 Å². The maximum Gasteiger partial charge on any atom is 0.219 e. The number of amides is 1. The zero-order valence-corrected chi connectivity index (χ0v) is 15.2. The van der Waals surface area contributed by atoms with Crippen LogP contribution >= 0.6 is 0 Å². The van der Waals surface area contributed by atoms with Gasteiger partial charge in [0.25, 0.3) is 0 Å². The van der Waals surface area contributed by atoms with Gasteiger partial charge in [-0.15, -0.1) is 0 Å². The summed E-state index contributed by atoms with van der Waals surface area (Å²) in [6, 6.07) is 0.769. The summed E-state index contributed by atoms with van der Waals surface area (Å²) in [6.45, 7) is 16.7. The third-order valence-corrected chi connectivity index (χ3v) is 4.07. The molecule has 2 rings (SSSR count). The van der Waals surface area contributed by atoms with E-state index in [9.17, 15) is 4.79 Å². The van der Waals surface area contributed by atoms with Crippen LogP contribution in [0.1, 0.15) is 53.9 Å². The number of hydrogen-bond acceptors (Lipinski definition) is 3. The van der Waals surface area contributed by atoms with Crippen LogP contribution in [-0.2, 0) is 4.79 Å². The van der Waals surface area contributed by atoms with Gasteiger partial charge in [-0.1, -0.05) is 20.3 Å². The second-order valence-corrected chi connectivity index (χ2v) is 6.00. The SMILES string of the molecule is CC.CC(=O)N1CCN(C)CC1.CC(C)N1CCCCC1. The van der Waals surface area contributed by atoms with Crippen LogP contribution in [0.2, 0.25) is 0 Å². The Kier molecular flexibility index (Phi) is 11.6. The summed E-state index contributed by atoms with van der Waals surface area (Å²) in [5.41, 5.74) is 0. The van der Waals surface area contributed by atoms with Crippen LogP contribution < -0.4 is 0 Å². The van der Waals surface area contributed by atoms with E-state index in [0.717, 1.165) is 32.2 Å². The Labute approximate surface area is 132 Å². The third kappa shape index (κ3) is 9.10. The number of hydrogen-bond donors (Lipinski definition) is 0. The summed E-state index contributed by atoms with van der Waals surface area (Å²) >= 11 is 0. The molecule has 21 heavy (non-hydrogen) atoms. The lowest BCUT2D eigenvalue weighted by atomic mass is 10.1. The lowest BCUT2D eigenvalue weighted by molar-refractivity contribution is -0.130. The maximum atomic E-state index is 10.8. The van der Waals surface area contributed by atoms with Crippen molar-refractivity contribution in [3.8, 4) is 0 Å². The molecule has 0 N–H and O–H groups in total. The van der Waals surface area contributed by atoms with E-state index in [0.29, 0.717) is 0 Å². The first-order valence-electron chi connectivity index (χ1n) is 8.69. The molecule has 2 aliphatic heterocycles. The van der Waals surface area contributed by atoms with Crippen molar-refractivity contribution in [1.82, 2.24) is 14.7 Å². The molecule has 2 saturated heterocycles. The van der Waals surface area contributed by atoms with Gasteiger partial charge in [0, 0.05) is 39.1 Å². The first-order chi connectivity index (χ1) is 10.0. The highest BCUT2D eigenvalue weighted by atomic mass is 16.2. The van der Waals surface area contributed by atoms with Crippen molar-refractivity contribution in [2.75, 3.05) is 46.3 Å². The average Bonchev–Trinajstić information content (AvgIpc) is 2.51. The predicted molar refractivity (Wildman–Crippen MR) is 91.7 cm³/mol. The monoisotopic (exact) mass is 299 g/mol. The molecule has 126 valence electrons. The van der Waals surface area contributed by atoms with Crippen molar-refractivity contribution >= 4 is 5.91 Å². The topological polar surface area (TPSA) is 26.8 Å². The first-order valence-corrected chi connectivity index (χ1v) is 8.69. The molecule has 0 aromatic rings. The number of piperazine rings is 1. The van der Waals surface area contributed by atoms with Crippen molar-refractivity contribution in [3.05, 3.63) is 0 Å². The van der Waals surface area contributed by atoms with Gasteiger partial charge >= 0.3 is 0 Å². The molecule has 1 amide bonds. The first kappa shape index (κ1) is 20.4. The predicted octanol–water partition coefficient (Wildman–Crippen LogP) is 2.69. The number of carbonyl (C=O) groups excluding carboxylic acids is 1. The lowest BCUT2D eigenvalue weighted by Crippen LogP contribution is -2.46. The highest BCUT2D eigenvalue weighted by Gasteiger charge is 2.14. The third-order valence-electron chi connectivity index (χ3n) is 4.07. The Bertz CT molecular complexity index is 255. The van der Waals surface area contributed by atoms with Gasteiger partial charge in [0.2, 0.25) is 5.91 Å². The van der Waals surface area contributed by atoms with Crippen LogP contribution in [0.4, 0.5) is 0 Å². The molecule has 0 bridgehead atoms. The van der Waals surface area contributed by atoms with Crippen LogP contribution in [-0.4, -0.2) is 73.0 Å². The number of nitrogens with zero attached hydrogens (tertiary/aromatic N) is 3. The lowest BCUT2D eigenvalue weighted by Gasteiger charge is -2.31. The fourth-order valence-corrected chi connectivity index (χ4v) is 2.56. The maximum absolute atomic E-state index is 10.8. The Hall–Kier alpha value is -0.610. The second-order valence-electron chi connectivity index (χ2n) is 6.00. The number of rotatable bonds is 1. The summed E-state index contributed by atoms with van der Waals surface area (Å²) in [6.07, 6.45) is 4.28. The van der Waals surface area contributed by atoms with Gasteiger partial charge in [-0.3, -0.25) is 4.79 Å². The minimum atomic E-state index is 0.202. The molecular formula is C17H37N3O. The molecule has 2 aliphatic rings. The van der Waals surface area contributed by atoms with Crippen LogP contribution in [0, 0.1) is 0 Å².